The molecule has 21 heavy (non-hydrogen) atoms. The molecule has 5 nitrogen and oxygen atoms in total. The van der Waals surface area contributed by atoms with Gasteiger partial charge in [0.2, 0.25) is 0 Å². The maximum atomic E-state index is 12.0. The maximum absolute atomic E-state index is 12.0. The first-order valence-corrected chi connectivity index (χ1v) is 6.18. The lowest BCUT2D eigenvalue weighted by molar-refractivity contribution is -0.112. The summed E-state index contributed by atoms with van der Waals surface area (Å²) in [6.07, 6.45) is 2.82. The molecule has 1 heterocycles. The number of rotatable bonds is 4. The first-order chi connectivity index (χ1) is 10.1. The smallest absolute Gasteiger partial charge is 0.266 e. The van der Waals surface area contributed by atoms with Crippen molar-refractivity contribution in [3.05, 3.63) is 59.6 Å². The predicted molar refractivity (Wildman–Crippen MR) is 77.4 cm³/mol. The Bertz CT molecular complexity index is 720. The van der Waals surface area contributed by atoms with Crippen LogP contribution in [0.4, 0.5) is 5.69 Å². The molecule has 0 saturated carbocycles. The van der Waals surface area contributed by atoms with Crippen LogP contribution in [0.1, 0.15) is 23.0 Å². The van der Waals surface area contributed by atoms with Gasteiger partial charge in [-0.3, -0.25) is 9.59 Å². The van der Waals surface area contributed by atoms with E-state index in [4.69, 9.17) is 9.68 Å². The highest BCUT2D eigenvalue weighted by Gasteiger charge is 2.10. The number of amides is 1. The zero-order valence-corrected chi connectivity index (χ0v) is 11.3. The van der Waals surface area contributed by atoms with Crippen molar-refractivity contribution >= 4 is 23.5 Å². The second-order valence-corrected chi connectivity index (χ2v) is 4.27. The van der Waals surface area contributed by atoms with E-state index in [1.54, 1.807) is 36.4 Å². The van der Waals surface area contributed by atoms with E-state index in [1.165, 1.54) is 19.3 Å². The fourth-order valence-corrected chi connectivity index (χ4v) is 1.65. The maximum Gasteiger partial charge on any atom is 0.266 e. The van der Waals surface area contributed by atoms with Crippen LogP contribution in [0.25, 0.3) is 6.08 Å². The second-order valence-electron chi connectivity index (χ2n) is 4.27. The molecule has 0 saturated heterocycles. The summed E-state index contributed by atoms with van der Waals surface area (Å²) in [7, 11) is 0. The Hall–Kier alpha value is -3.13. The molecular weight excluding hydrogens is 268 g/mol. The van der Waals surface area contributed by atoms with Crippen LogP contribution in [0.5, 0.6) is 0 Å². The number of ketones is 1. The van der Waals surface area contributed by atoms with Crippen molar-refractivity contribution in [3.63, 3.8) is 0 Å². The summed E-state index contributed by atoms with van der Waals surface area (Å²) in [6.45, 7) is 1.47. The number of carbonyl (C=O) groups is 2. The SMILES string of the molecule is CC(=O)c1ccc(NC(=O)/C(C#N)=C/c2ccco2)cc1. The Morgan fingerprint density at radius 2 is 1.95 bits per heavy atom. The highest BCUT2D eigenvalue weighted by Crippen LogP contribution is 2.13. The minimum absolute atomic E-state index is 0.0525. The number of nitrogens with zero attached hydrogens (tertiary/aromatic N) is 1. The minimum atomic E-state index is -0.538. The average molecular weight is 280 g/mol. The molecule has 1 aromatic carbocycles. The third-order valence-electron chi connectivity index (χ3n) is 2.74. The van der Waals surface area contributed by atoms with Gasteiger partial charge in [0.05, 0.1) is 6.26 Å². The van der Waals surface area contributed by atoms with E-state index in [0.717, 1.165) is 0 Å². The molecule has 0 aliphatic carbocycles. The number of carbonyl (C=O) groups excluding carboxylic acids is 2. The lowest BCUT2D eigenvalue weighted by Crippen LogP contribution is -2.13. The molecular formula is C16H12N2O3. The van der Waals surface area contributed by atoms with E-state index in [1.807, 2.05) is 6.07 Å². The number of hydrogen-bond donors (Lipinski definition) is 1. The molecule has 0 atom stereocenters. The molecule has 0 aliphatic rings. The Kier molecular flexibility index (Phi) is 4.32. The molecule has 5 heteroatoms. The number of anilines is 1. The number of furan rings is 1. The average Bonchev–Trinajstić information content (AvgIpc) is 2.98. The van der Waals surface area contributed by atoms with Crippen LogP contribution in [0.2, 0.25) is 0 Å². The van der Waals surface area contributed by atoms with E-state index in [2.05, 4.69) is 5.32 Å². The molecule has 0 fully saturated rings. The van der Waals surface area contributed by atoms with Gasteiger partial charge in [-0.2, -0.15) is 5.26 Å². The molecule has 0 radical (unpaired) electrons. The molecule has 2 aromatic rings. The monoisotopic (exact) mass is 280 g/mol. The summed E-state index contributed by atoms with van der Waals surface area (Å²) in [6, 6.07) is 11.6. The van der Waals surface area contributed by atoms with Crippen LogP contribution in [-0.4, -0.2) is 11.7 Å². The molecule has 0 aliphatic heterocycles. The van der Waals surface area contributed by atoms with Crippen molar-refractivity contribution in [2.24, 2.45) is 0 Å². The van der Waals surface area contributed by atoms with Crippen LogP contribution >= 0.6 is 0 Å². The Labute approximate surface area is 121 Å². The van der Waals surface area contributed by atoms with Gasteiger partial charge in [-0.1, -0.05) is 0 Å². The van der Waals surface area contributed by atoms with Crippen molar-refractivity contribution in [3.8, 4) is 6.07 Å². The Morgan fingerprint density at radius 3 is 2.48 bits per heavy atom. The van der Waals surface area contributed by atoms with Crippen LogP contribution in [0, 0.1) is 11.3 Å². The van der Waals surface area contributed by atoms with Crippen LogP contribution in [-0.2, 0) is 4.79 Å². The molecule has 104 valence electrons. The van der Waals surface area contributed by atoms with Gasteiger partial charge in [-0.05, 0) is 43.3 Å². The number of Topliss-reactive ketones (excluding diaryl/α,β-unsaturated/α-hetero) is 1. The van der Waals surface area contributed by atoms with E-state index in [0.29, 0.717) is 17.0 Å². The summed E-state index contributed by atoms with van der Waals surface area (Å²) in [5.74, 6) is -0.165. The number of hydrogen-bond acceptors (Lipinski definition) is 4. The van der Waals surface area contributed by atoms with Crippen molar-refractivity contribution < 1.29 is 14.0 Å². The standard InChI is InChI=1S/C16H12N2O3/c1-11(19)12-4-6-14(7-5-12)18-16(20)13(10-17)9-15-3-2-8-21-15/h2-9H,1H3,(H,18,20)/b13-9+. The van der Waals surface area contributed by atoms with Gasteiger partial charge in [-0.25, -0.2) is 0 Å². The summed E-state index contributed by atoms with van der Waals surface area (Å²) >= 11 is 0. The van der Waals surface area contributed by atoms with Gasteiger partial charge >= 0.3 is 0 Å². The highest BCUT2D eigenvalue weighted by molar-refractivity contribution is 6.09. The van der Waals surface area contributed by atoms with E-state index < -0.39 is 5.91 Å². The molecule has 2 rings (SSSR count). The normalized spacial score (nSPS) is 10.8. The molecule has 0 unspecified atom stereocenters. The van der Waals surface area contributed by atoms with Gasteiger partial charge in [0.15, 0.2) is 5.78 Å². The predicted octanol–water partition coefficient (Wildman–Crippen LogP) is 3.03. The molecule has 1 N–H and O–H groups in total. The molecule has 0 bridgehead atoms. The minimum Gasteiger partial charge on any atom is -0.465 e. The topological polar surface area (TPSA) is 83.1 Å². The van der Waals surface area contributed by atoms with Crippen LogP contribution in [0.15, 0.2) is 52.7 Å². The summed E-state index contributed by atoms with van der Waals surface area (Å²) in [5, 5.41) is 11.6. The lowest BCUT2D eigenvalue weighted by Gasteiger charge is -2.04. The fraction of sp³-hybridized carbons (Fsp3) is 0.0625. The van der Waals surface area contributed by atoms with E-state index in [9.17, 15) is 9.59 Å². The van der Waals surface area contributed by atoms with Gasteiger partial charge in [0.1, 0.15) is 17.4 Å². The molecule has 1 amide bonds. The first-order valence-electron chi connectivity index (χ1n) is 6.18. The summed E-state index contributed by atoms with van der Waals surface area (Å²) in [5.41, 5.74) is 0.992. The van der Waals surface area contributed by atoms with Crippen LogP contribution in [0.3, 0.4) is 0 Å². The first kappa shape index (κ1) is 14.3. The third kappa shape index (κ3) is 3.67. The lowest BCUT2D eigenvalue weighted by atomic mass is 10.1. The van der Waals surface area contributed by atoms with Crippen molar-refractivity contribution in [2.45, 2.75) is 6.92 Å². The summed E-state index contributed by atoms with van der Waals surface area (Å²) in [4.78, 5) is 23.1. The number of nitrogens with one attached hydrogen (secondary N) is 1. The van der Waals surface area contributed by atoms with Crippen molar-refractivity contribution in [1.29, 1.82) is 5.26 Å². The van der Waals surface area contributed by atoms with E-state index >= 15 is 0 Å². The van der Waals surface area contributed by atoms with Crippen molar-refractivity contribution in [2.75, 3.05) is 5.32 Å². The van der Waals surface area contributed by atoms with Crippen molar-refractivity contribution in [1.82, 2.24) is 0 Å². The van der Waals surface area contributed by atoms with Gasteiger partial charge < -0.3 is 9.73 Å². The van der Waals surface area contributed by atoms with Crippen LogP contribution < -0.4 is 5.32 Å². The zero-order valence-electron chi connectivity index (χ0n) is 11.3. The summed E-state index contributed by atoms with van der Waals surface area (Å²) < 4.78 is 5.06. The number of benzene rings is 1. The van der Waals surface area contributed by atoms with E-state index in [-0.39, 0.29) is 11.4 Å². The van der Waals surface area contributed by atoms with Gasteiger partial charge in [0, 0.05) is 17.3 Å². The third-order valence-corrected chi connectivity index (χ3v) is 2.74. The van der Waals surface area contributed by atoms with Gasteiger partial charge in [-0.15, -0.1) is 0 Å². The van der Waals surface area contributed by atoms with Gasteiger partial charge in [0.25, 0.3) is 5.91 Å². The fourth-order valence-electron chi connectivity index (χ4n) is 1.65. The second kappa shape index (κ2) is 6.35. The Balaban J connectivity index is 2.13. The zero-order chi connectivity index (χ0) is 15.2. The largest absolute Gasteiger partial charge is 0.465 e. The molecule has 1 aromatic heterocycles. The quantitative estimate of drug-likeness (QED) is 0.530. The number of nitriles is 1. The molecule has 0 spiro atoms. The highest BCUT2D eigenvalue weighted by atomic mass is 16.3. The Morgan fingerprint density at radius 1 is 1.24 bits per heavy atom.